The summed E-state index contributed by atoms with van der Waals surface area (Å²) in [4.78, 5) is 28.9. The molecule has 0 unspecified atom stereocenters. The maximum Gasteiger partial charge on any atom is 0.317 e. The van der Waals surface area contributed by atoms with E-state index in [1.54, 1.807) is 11.5 Å². The lowest BCUT2D eigenvalue weighted by atomic mass is 9.74. The summed E-state index contributed by atoms with van der Waals surface area (Å²) >= 11 is 0. The Balaban J connectivity index is 1.70. The largest absolute Gasteiger partial charge is 0.399 e. The maximum atomic E-state index is 12.6. The van der Waals surface area contributed by atoms with Crippen LogP contribution in [0.25, 0.3) is 10.9 Å². The molecule has 4 rings (SSSR count). The summed E-state index contributed by atoms with van der Waals surface area (Å²) in [6, 6.07) is 4.40. The van der Waals surface area contributed by atoms with E-state index in [1.807, 2.05) is 31.0 Å². The average Bonchev–Trinajstić information content (AvgIpc) is 3.03. The van der Waals surface area contributed by atoms with Gasteiger partial charge in [0.1, 0.15) is 0 Å². The molecular formula is C22H31N5O2. The topological polar surface area (TPSA) is 83.6 Å². The number of nitrogens with one attached hydrogen (secondary N) is 1. The summed E-state index contributed by atoms with van der Waals surface area (Å²) in [6.45, 7) is 7.81. The predicted molar refractivity (Wildman–Crippen MR) is 115 cm³/mol. The number of fused-ring (bicyclic) bond motifs is 2. The first kappa shape index (κ1) is 19.8. The van der Waals surface area contributed by atoms with Crippen molar-refractivity contribution in [3.05, 3.63) is 29.5 Å². The molecule has 1 aliphatic carbocycles. The van der Waals surface area contributed by atoms with E-state index in [2.05, 4.69) is 23.3 Å². The first-order valence-corrected chi connectivity index (χ1v) is 10.5. The average molecular weight is 398 g/mol. The number of amides is 2. The minimum Gasteiger partial charge on any atom is -0.399 e. The smallest absolute Gasteiger partial charge is 0.317 e. The standard InChI is InChI=1S/C22H31N5O2/c1-5-26(6-2)22(29)24-16-10-17-18-8-15(23)9-20-21(18)14(11-27(20)13(3)28)7-19(17)25(4)12-16/h8-9,11,16-17,19H,5-7,10,12,23H2,1-4H3,(H,24,29)/t16-,17+,19+/m0/s1. The van der Waals surface area contributed by atoms with Crippen LogP contribution in [0, 0.1) is 0 Å². The number of rotatable bonds is 3. The van der Waals surface area contributed by atoms with Crippen LogP contribution in [0.15, 0.2) is 18.3 Å². The van der Waals surface area contributed by atoms with Crippen LogP contribution in [0.5, 0.6) is 0 Å². The second-order valence-electron chi connectivity index (χ2n) is 8.42. The van der Waals surface area contributed by atoms with Crippen LogP contribution in [-0.2, 0) is 6.42 Å². The molecular weight excluding hydrogens is 366 g/mol. The summed E-state index contributed by atoms with van der Waals surface area (Å²) in [5, 5.41) is 4.40. The predicted octanol–water partition coefficient (Wildman–Crippen LogP) is 2.65. The third kappa shape index (κ3) is 3.27. The molecule has 2 heterocycles. The van der Waals surface area contributed by atoms with Gasteiger partial charge in [-0.1, -0.05) is 0 Å². The molecule has 156 valence electrons. The Kier molecular flexibility index (Phi) is 5.02. The third-order valence-electron chi connectivity index (χ3n) is 6.66. The van der Waals surface area contributed by atoms with Crippen molar-refractivity contribution in [2.24, 2.45) is 0 Å². The van der Waals surface area contributed by atoms with E-state index in [9.17, 15) is 9.59 Å². The van der Waals surface area contributed by atoms with Crippen LogP contribution in [0.4, 0.5) is 10.5 Å². The van der Waals surface area contributed by atoms with Crippen LogP contribution in [0.2, 0.25) is 0 Å². The summed E-state index contributed by atoms with van der Waals surface area (Å²) in [6.07, 6.45) is 3.77. The van der Waals surface area contributed by atoms with Gasteiger partial charge in [0.25, 0.3) is 0 Å². The summed E-state index contributed by atoms with van der Waals surface area (Å²) < 4.78 is 1.72. The Labute approximate surface area is 171 Å². The van der Waals surface area contributed by atoms with Crippen LogP contribution >= 0.6 is 0 Å². The molecule has 1 fully saturated rings. The Morgan fingerprint density at radius 1 is 1.28 bits per heavy atom. The molecule has 1 aromatic heterocycles. The van der Waals surface area contributed by atoms with E-state index >= 15 is 0 Å². The number of urea groups is 1. The van der Waals surface area contributed by atoms with E-state index in [0.717, 1.165) is 24.9 Å². The number of nitrogens with two attached hydrogens (primary N) is 1. The molecule has 2 amide bonds. The van der Waals surface area contributed by atoms with Crippen molar-refractivity contribution in [1.82, 2.24) is 19.7 Å². The lowest BCUT2D eigenvalue weighted by molar-refractivity contribution is 0.0941. The third-order valence-corrected chi connectivity index (χ3v) is 6.66. The van der Waals surface area contributed by atoms with Crippen LogP contribution in [-0.4, -0.2) is 65.1 Å². The summed E-state index contributed by atoms with van der Waals surface area (Å²) in [5.74, 6) is 0.275. The normalized spacial score (nSPS) is 23.7. The fourth-order valence-corrected chi connectivity index (χ4v) is 5.28. The van der Waals surface area contributed by atoms with E-state index in [1.165, 1.54) is 16.5 Å². The molecule has 3 N–H and O–H groups in total. The van der Waals surface area contributed by atoms with Crippen molar-refractivity contribution in [1.29, 1.82) is 0 Å². The Morgan fingerprint density at radius 2 is 2.00 bits per heavy atom. The fourth-order valence-electron chi connectivity index (χ4n) is 5.28. The Bertz CT molecular complexity index is 962. The van der Waals surface area contributed by atoms with Crippen molar-refractivity contribution in [2.45, 2.75) is 51.6 Å². The Hall–Kier alpha value is -2.54. The molecule has 0 saturated carbocycles. The van der Waals surface area contributed by atoms with Crippen molar-refractivity contribution in [3.8, 4) is 0 Å². The van der Waals surface area contributed by atoms with Crippen LogP contribution in [0.1, 0.15) is 49.0 Å². The van der Waals surface area contributed by atoms with Gasteiger partial charge in [-0.2, -0.15) is 0 Å². The molecule has 2 aromatic rings. The van der Waals surface area contributed by atoms with Crippen molar-refractivity contribution in [3.63, 3.8) is 0 Å². The highest BCUT2D eigenvalue weighted by atomic mass is 16.2. The van der Waals surface area contributed by atoms with Crippen molar-refractivity contribution in [2.75, 3.05) is 32.4 Å². The van der Waals surface area contributed by atoms with Gasteiger partial charge in [-0.25, -0.2) is 4.79 Å². The van der Waals surface area contributed by atoms with Gasteiger partial charge in [-0.3, -0.25) is 9.36 Å². The molecule has 29 heavy (non-hydrogen) atoms. The van der Waals surface area contributed by atoms with E-state index < -0.39 is 0 Å². The second-order valence-corrected chi connectivity index (χ2v) is 8.42. The number of nitrogen functional groups attached to an aromatic ring is 1. The number of carbonyl (C=O) groups excluding carboxylic acids is 2. The van der Waals surface area contributed by atoms with Gasteiger partial charge in [0.15, 0.2) is 0 Å². The molecule has 0 radical (unpaired) electrons. The van der Waals surface area contributed by atoms with Gasteiger partial charge >= 0.3 is 6.03 Å². The number of anilines is 1. The minimum absolute atomic E-state index is 0.000360. The minimum atomic E-state index is 0.000360. The number of likely N-dealkylation sites (N-methyl/N-ethyl adjacent to an activating group) is 1. The Morgan fingerprint density at radius 3 is 2.66 bits per heavy atom. The first-order valence-electron chi connectivity index (χ1n) is 10.5. The zero-order valence-electron chi connectivity index (χ0n) is 17.7. The molecule has 0 bridgehead atoms. The zero-order valence-corrected chi connectivity index (χ0v) is 17.7. The molecule has 0 spiro atoms. The van der Waals surface area contributed by atoms with Crippen molar-refractivity contribution >= 4 is 28.5 Å². The highest BCUT2D eigenvalue weighted by Crippen LogP contribution is 2.44. The number of hydrogen-bond acceptors (Lipinski definition) is 4. The highest BCUT2D eigenvalue weighted by Gasteiger charge is 2.40. The van der Waals surface area contributed by atoms with E-state index in [4.69, 9.17) is 5.73 Å². The maximum absolute atomic E-state index is 12.6. The number of aromatic nitrogens is 1. The van der Waals surface area contributed by atoms with Gasteiger partial charge in [0, 0.05) is 61.8 Å². The molecule has 1 saturated heterocycles. The number of likely N-dealkylation sites (tertiary alicyclic amines) is 1. The molecule has 2 aliphatic rings. The number of benzene rings is 1. The lowest BCUT2D eigenvalue weighted by Gasteiger charge is -2.46. The van der Waals surface area contributed by atoms with E-state index in [-0.39, 0.29) is 23.9 Å². The molecule has 7 heteroatoms. The van der Waals surface area contributed by atoms with Crippen LogP contribution < -0.4 is 11.1 Å². The quantitative estimate of drug-likeness (QED) is 0.780. The van der Waals surface area contributed by atoms with Gasteiger partial charge in [0.2, 0.25) is 5.91 Å². The molecule has 3 atom stereocenters. The van der Waals surface area contributed by atoms with Gasteiger partial charge in [-0.15, -0.1) is 0 Å². The van der Waals surface area contributed by atoms with Crippen molar-refractivity contribution < 1.29 is 9.59 Å². The van der Waals surface area contributed by atoms with E-state index in [0.29, 0.717) is 24.8 Å². The number of hydrogen-bond donors (Lipinski definition) is 2. The second kappa shape index (κ2) is 7.37. The monoisotopic (exact) mass is 397 g/mol. The van der Waals surface area contributed by atoms with Gasteiger partial charge < -0.3 is 20.9 Å². The van der Waals surface area contributed by atoms with Crippen LogP contribution in [0.3, 0.4) is 0 Å². The molecule has 1 aromatic carbocycles. The zero-order chi connectivity index (χ0) is 20.9. The molecule has 1 aliphatic heterocycles. The van der Waals surface area contributed by atoms with Gasteiger partial charge in [0.05, 0.1) is 5.52 Å². The lowest BCUT2D eigenvalue weighted by Crippen LogP contribution is -2.56. The number of piperidine rings is 1. The number of carbonyl (C=O) groups is 2. The first-order chi connectivity index (χ1) is 13.8. The number of nitrogens with zero attached hydrogens (tertiary/aromatic N) is 3. The fraction of sp³-hybridized carbons (Fsp3) is 0.545. The van der Waals surface area contributed by atoms with Gasteiger partial charge in [-0.05, 0) is 57.0 Å². The summed E-state index contributed by atoms with van der Waals surface area (Å²) in [5.41, 5.74) is 10.2. The summed E-state index contributed by atoms with van der Waals surface area (Å²) in [7, 11) is 2.13. The highest BCUT2D eigenvalue weighted by molar-refractivity contribution is 5.98. The molecule has 7 nitrogen and oxygen atoms in total. The SMILES string of the molecule is CCN(CC)C(=O)N[C@H]1C[C@@H]2c3cc(N)cc4c3c(cn4C(C)=O)C[C@H]2N(C)C1.